The van der Waals surface area contributed by atoms with Gasteiger partial charge in [0.2, 0.25) is 0 Å². The molecule has 0 unspecified atom stereocenters. The maximum Gasteiger partial charge on any atom is 0.0445 e. The van der Waals surface area contributed by atoms with E-state index >= 15 is 0 Å². The van der Waals surface area contributed by atoms with E-state index in [2.05, 4.69) is 45.3 Å². The molecule has 4 heteroatoms. The van der Waals surface area contributed by atoms with Crippen LogP contribution in [0.3, 0.4) is 0 Å². The Morgan fingerprint density at radius 3 is 2.62 bits per heavy atom. The van der Waals surface area contributed by atoms with Crippen LogP contribution in [-0.2, 0) is 13.1 Å². The first-order valence-electron chi connectivity index (χ1n) is 7.67. The van der Waals surface area contributed by atoms with E-state index in [-0.39, 0.29) is 0 Å². The van der Waals surface area contributed by atoms with E-state index in [0.717, 1.165) is 19.6 Å². The van der Waals surface area contributed by atoms with Crippen molar-refractivity contribution in [3.05, 3.63) is 54.1 Å². The number of aromatic nitrogens is 2. The van der Waals surface area contributed by atoms with Crippen molar-refractivity contribution in [1.82, 2.24) is 15.3 Å². The lowest BCUT2D eigenvalue weighted by Crippen LogP contribution is -2.25. The Bertz CT molecular complexity index is 566. The second kappa shape index (κ2) is 6.68. The van der Waals surface area contributed by atoms with Crippen LogP contribution in [0, 0.1) is 0 Å². The average Bonchev–Trinajstić information content (AvgIpc) is 3.36. The van der Waals surface area contributed by atoms with Gasteiger partial charge in [-0.1, -0.05) is 0 Å². The average molecular weight is 282 g/mol. The van der Waals surface area contributed by atoms with Gasteiger partial charge < -0.3 is 10.2 Å². The van der Waals surface area contributed by atoms with Gasteiger partial charge in [0.05, 0.1) is 0 Å². The SMILES string of the molecule is CCN(Cc1ccncc1)c1ccncc1CNC1CC1. The van der Waals surface area contributed by atoms with Crippen molar-refractivity contribution in [1.29, 1.82) is 0 Å². The van der Waals surface area contributed by atoms with Crippen LogP contribution in [0.1, 0.15) is 30.9 Å². The Kier molecular flexibility index (Phi) is 4.46. The summed E-state index contributed by atoms with van der Waals surface area (Å²) < 4.78 is 0. The molecule has 1 aliphatic carbocycles. The summed E-state index contributed by atoms with van der Waals surface area (Å²) in [5.74, 6) is 0. The minimum atomic E-state index is 0.716. The highest BCUT2D eigenvalue weighted by Crippen LogP contribution is 2.24. The van der Waals surface area contributed by atoms with Crippen LogP contribution in [0.5, 0.6) is 0 Å². The van der Waals surface area contributed by atoms with Gasteiger partial charge in [0.25, 0.3) is 0 Å². The lowest BCUT2D eigenvalue weighted by molar-refractivity contribution is 0.681. The number of anilines is 1. The van der Waals surface area contributed by atoms with Gasteiger partial charge in [-0.15, -0.1) is 0 Å². The zero-order valence-electron chi connectivity index (χ0n) is 12.5. The van der Waals surface area contributed by atoms with Crippen LogP contribution in [-0.4, -0.2) is 22.6 Å². The second-order valence-corrected chi connectivity index (χ2v) is 5.53. The second-order valence-electron chi connectivity index (χ2n) is 5.53. The van der Waals surface area contributed by atoms with Crippen molar-refractivity contribution in [3.8, 4) is 0 Å². The van der Waals surface area contributed by atoms with Crippen LogP contribution in [0.4, 0.5) is 5.69 Å². The molecule has 110 valence electrons. The molecule has 2 heterocycles. The van der Waals surface area contributed by atoms with Gasteiger partial charge >= 0.3 is 0 Å². The van der Waals surface area contributed by atoms with Crippen molar-refractivity contribution in [3.63, 3.8) is 0 Å². The zero-order valence-corrected chi connectivity index (χ0v) is 12.5. The van der Waals surface area contributed by atoms with Crippen molar-refractivity contribution < 1.29 is 0 Å². The Balaban J connectivity index is 1.75. The van der Waals surface area contributed by atoms with Gasteiger partial charge in [-0.25, -0.2) is 0 Å². The lowest BCUT2D eigenvalue weighted by atomic mass is 10.1. The molecule has 2 aromatic heterocycles. The predicted molar refractivity (Wildman–Crippen MR) is 85.1 cm³/mol. The Morgan fingerprint density at radius 1 is 1.14 bits per heavy atom. The van der Waals surface area contributed by atoms with Gasteiger partial charge in [0, 0.05) is 61.7 Å². The largest absolute Gasteiger partial charge is 0.367 e. The van der Waals surface area contributed by atoms with E-state index in [1.807, 2.05) is 24.8 Å². The molecule has 0 atom stereocenters. The highest BCUT2D eigenvalue weighted by Gasteiger charge is 2.21. The maximum atomic E-state index is 4.29. The van der Waals surface area contributed by atoms with Crippen molar-refractivity contribution in [2.45, 2.75) is 38.9 Å². The van der Waals surface area contributed by atoms with Crippen LogP contribution in [0.2, 0.25) is 0 Å². The van der Waals surface area contributed by atoms with E-state index in [4.69, 9.17) is 0 Å². The van der Waals surface area contributed by atoms with Crippen LogP contribution in [0.25, 0.3) is 0 Å². The molecule has 21 heavy (non-hydrogen) atoms. The first-order chi connectivity index (χ1) is 10.4. The molecular weight excluding hydrogens is 260 g/mol. The van der Waals surface area contributed by atoms with Gasteiger partial charge in [0.1, 0.15) is 0 Å². The molecule has 2 aromatic rings. The molecule has 4 nitrogen and oxygen atoms in total. The highest BCUT2D eigenvalue weighted by molar-refractivity contribution is 5.52. The third-order valence-corrected chi connectivity index (χ3v) is 3.88. The first-order valence-corrected chi connectivity index (χ1v) is 7.67. The van der Waals surface area contributed by atoms with Gasteiger partial charge in [-0.2, -0.15) is 0 Å². The minimum absolute atomic E-state index is 0.716. The van der Waals surface area contributed by atoms with Crippen LogP contribution < -0.4 is 10.2 Å². The fraction of sp³-hybridized carbons (Fsp3) is 0.412. The molecule has 0 bridgehead atoms. The fourth-order valence-corrected chi connectivity index (χ4v) is 2.48. The zero-order chi connectivity index (χ0) is 14.5. The van der Waals surface area contributed by atoms with E-state index in [1.165, 1.54) is 29.7 Å². The molecule has 1 saturated carbocycles. The first kappa shape index (κ1) is 14.0. The molecule has 0 aromatic carbocycles. The molecule has 0 aliphatic heterocycles. The summed E-state index contributed by atoms with van der Waals surface area (Å²) in [6.45, 7) is 4.97. The Morgan fingerprint density at radius 2 is 1.90 bits per heavy atom. The molecule has 1 N–H and O–H groups in total. The number of pyridine rings is 2. The van der Waals surface area contributed by atoms with Crippen molar-refractivity contribution in [2.24, 2.45) is 0 Å². The summed E-state index contributed by atoms with van der Waals surface area (Å²) >= 11 is 0. The van der Waals surface area contributed by atoms with Crippen molar-refractivity contribution >= 4 is 5.69 Å². The standard InChI is InChI=1S/C17H22N4/c1-2-21(13-14-5-8-18-9-6-14)17-7-10-19-11-15(17)12-20-16-3-4-16/h5-11,16,20H,2-4,12-13H2,1H3. The number of hydrogen-bond acceptors (Lipinski definition) is 4. The third-order valence-electron chi connectivity index (χ3n) is 3.88. The Hall–Kier alpha value is -1.94. The lowest BCUT2D eigenvalue weighted by Gasteiger charge is -2.25. The van der Waals surface area contributed by atoms with E-state index in [1.54, 1.807) is 0 Å². The summed E-state index contributed by atoms with van der Waals surface area (Å²) in [5.41, 5.74) is 3.84. The third kappa shape index (κ3) is 3.79. The molecule has 3 rings (SSSR count). The number of nitrogens with one attached hydrogen (secondary N) is 1. The fourth-order valence-electron chi connectivity index (χ4n) is 2.48. The quantitative estimate of drug-likeness (QED) is 0.848. The van der Waals surface area contributed by atoms with Gasteiger partial charge in [-0.3, -0.25) is 9.97 Å². The summed E-state index contributed by atoms with van der Waals surface area (Å²) in [6.07, 6.45) is 10.2. The van der Waals surface area contributed by atoms with E-state index < -0.39 is 0 Å². The van der Waals surface area contributed by atoms with Crippen LogP contribution in [0.15, 0.2) is 43.0 Å². The topological polar surface area (TPSA) is 41.1 Å². The number of hydrogen-bond donors (Lipinski definition) is 1. The predicted octanol–water partition coefficient (Wildman–Crippen LogP) is 2.76. The number of nitrogens with zero attached hydrogens (tertiary/aromatic N) is 3. The van der Waals surface area contributed by atoms with E-state index in [9.17, 15) is 0 Å². The highest BCUT2D eigenvalue weighted by atomic mass is 15.1. The maximum absolute atomic E-state index is 4.29. The molecule has 1 fully saturated rings. The molecule has 0 amide bonds. The number of rotatable bonds is 7. The van der Waals surface area contributed by atoms with Crippen LogP contribution >= 0.6 is 0 Å². The minimum Gasteiger partial charge on any atom is -0.367 e. The molecular formula is C17H22N4. The smallest absolute Gasteiger partial charge is 0.0445 e. The summed E-state index contributed by atoms with van der Waals surface area (Å²) in [4.78, 5) is 10.8. The van der Waals surface area contributed by atoms with Crippen molar-refractivity contribution in [2.75, 3.05) is 11.4 Å². The Labute approximate surface area is 126 Å². The monoisotopic (exact) mass is 282 g/mol. The summed E-state index contributed by atoms with van der Waals surface area (Å²) in [7, 11) is 0. The van der Waals surface area contributed by atoms with Gasteiger partial charge in [-0.05, 0) is 43.5 Å². The molecule has 1 aliphatic rings. The molecule has 0 spiro atoms. The normalized spacial score (nSPS) is 14.1. The van der Waals surface area contributed by atoms with E-state index in [0.29, 0.717) is 6.04 Å². The summed E-state index contributed by atoms with van der Waals surface area (Å²) in [5, 5.41) is 3.58. The molecule has 0 saturated heterocycles. The summed E-state index contributed by atoms with van der Waals surface area (Å²) in [6, 6.07) is 6.99. The van der Waals surface area contributed by atoms with Gasteiger partial charge in [0.15, 0.2) is 0 Å². The molecule has 0 radical (unpaired) electrons.